The van der Waals surface area contributed by atoms with E-state index in [1.54, 1.807) is 11.5 Å². The first-order chi connectivity index (χ1) is 15.8. The van der Waals surface area contributed by atoms with E-state index in [-0.39, 0.29) is 11.7 Å². The summed E-state index contributed by atoms with van der Waals surface area (Å²) in [6.45, 7) is 3.77. The molecular formula is C22H17F6N3O3. The normalized spacial score (nSPS) is 16.8. The molecule has 0 saturated carbocycles. The average Bonchev–Trinajstić information content (AvgIpc) is 3.28. The van der Waals surface area contributed by atoms with Gasteiger partial charge >= 0.3 is 18.4 Å². The second-order valence-corrected chi connectivity index (χ2v) is 8.04. The number of hydrogen-bond acceptors (Lipinski definition) is 3. The highest BCUT2D eigenvalue weighted by Gasteiger charge is 2.44. The van der Waals surface area contributed by atoms with Crippen LogP contribution in [0.3, 0.4) is 0 Å². The van der Waals surface area contributed by atoms with Crippen LogP contribution < -0.4 is 15.4 Å². The highest BCUT2D eigenvalue weighted by molar-refractivity contribution is 6.04. The molecule has 3 aromatic rings. The van der Waals surface area contributed by atoms with E-state index in [4.69, 9.17) is 4.74 Å². The van der Waals surface area contributed by atoms with Gasteiger partial charge in [-0.25, -0.2) is 4.79 Å². The van der Waals surface area contributed by atoms with Crippen molar-refractivity contribution < 1.29 is 40.7 Å². The van der Waals surface area contributed by atoms with Crippen molar-refractivity contribution in [3.63, 3.8) is 0 Å². The fraction of sp³-hybridized carbons (Fsp3) is 0.273. The fourth-order valence-electron chi connectivity index (χ4n) is 3.78. The molecule has 34 heavy (non-hydrogen) atoms. The maximum atomic E-state index is 13.9. The molecule has 0 spiro atoms. The highest BCUT2D eigenvalue weighted by atomic mass is 19.4. The summed E-state index contributed by atoms with van der Waals surface area (Å²) in [5.74, 6) is -2.72. The van der Waals surface area contributed by atoms with Gasteiger partial charge in [0.1, 0.15) is 11.8 Å². The van der Waals surface area contributed by atoms with Crippen LogP contribution in [0, 0.1) is 0 Å². The molecule has 0 bridgehead atoms. The summed E-state index contributed by atoms with van der Waals surface area (Å²) in [7, 11) is 0. The smallest absolute Gasteiger partial charge is 0.420 e. The van der Waals surface area contributed by atoms with Crippen molar-refractivity contribution in [3.8, 4) is 11.5 Å². The molecule has 1 unspecified atom stereocenters. The minimum absolute atomic E-state index is 0.0347. The Kier molecular flexibility index (Phi) is 5.49. The van der Waals surface area contributed by atoms with E-state index >= 15 is 0 Å². The number of aromatic nitrogens is 1. The quantitative estimate of drug-likeness (QED) is 0.313. The Hall–Kier alpha value is -3.70. The lowest BCUT2D eigenvalue weighted by atomic mass is 9.98. The highest BCUT2D eigenvalue weighted by Crippen LogP contribution is 2.47. The zero-order valence-corrected chi connectivity index (χ0v) is 17.6. The number of carbonyl (C=O) groups excluding carboxylic acids is 2. The Balaban J connectivity index is 1.89. The van der Waals surface area contributed by atoms with Gasteiger partial charge < -0.3 is 15.0 Å². The number of H-pyrrole nitrogens is 1. The summed E-state index contributed by atoms with van der Waals surface area (Å²) in [4.78, 5) is 26.2. The number of carbonyl (C=O) groups is 2. The topological polar surface area (TPSA) is 83.2 Å². The van der Waals surface area contributed by atoms with Gasteiger partial charge in [0.25, 0.3) is 5.91 Å². The SMILES string of the molecule is CC(C)c1c[nH]c2ccc(Oc3c(C(F)(F)F)cc(C4NC(=O)NC4=O)cc3C(F)(F)F)cc12. The van der Waals surface area contributed by atoms with E-state index in [0.29, 0.717) is 23.0 Å². The van der Waals surface area contributed by atoms with Gasteiger partial charge in [-0.15, -0.1) is 0 Å². The van der Waals surface area contributed by atoms with Crippen molar-refractivity contribution in [2.24, 2.45) is 0 Å². The maximum absolute atomic E-state index is 13.9. The Morgan fingerprint density at radius 3 is 2.06 bits per heavy atom. The molecule has 12 heteroatoms. The predicted molar refractivity (Wildman–Crippen MR) is 108 cm³/mol. The Morgan fingerprint density at radius 1 is 0.941 bits per heavy atom. The van der Waals surface area contributed by atoms with Gasteiger partial charge in [-0.2, -0.15) is 26.3 Å². The van der Waals surface area contributed by atoms with E-state index < -0.39 is 52.8 Å². The summed E-state index contributed by atoms with van der Waals surface area (Å²) in [5.41, 5.74) is -2.69. The lowest BCUT2D eigenvalue weighted by Gasteiger charge is -2.22. The molecule has 1 aromatic heterocycles. The lowest BCUT2D eigenvalue weighted by molar-refractivity contribution is -0.145. The van der Waals surface area contributed by atoms with Crippen molar-refractivity contribution in [3.05, 3.63) is 58.8 Å². The first-order valence-electron chi connectivity index (χ1n) is 9.98. The summed E-state index contributed by atoms with van der Waals surface area (Å²) in [6.07, 6.45) is -8.81. The molecule has 4 rings (SSSR count). The van der Waals surface area contributed by atoms with Crippen molar-refractivity contribution in [2.75, 3.05) is 0 Å². The van der Waals surface area contributed by atoms with Crippen LogP contribution in [0.25, 0.3) is 10.9 Å². The third kappa shape index (κ3) is 4.27. The summed E-state index contributed by atoms with van der Waals surface area (Å²) < 4.78 is 88.6. The number of halogens is 6. The molecule has 2 aromatic carbocycles. The molecular weight excluding hydrogens is 468 g/mol. The molecule has 0 radical (unpaired) electrons. The Labute approximate surface area is 188 Å². The van der Waals surface area contributed by atoms with Gasteiger partial charge in [0.2, 0.25) is 0 Å². The number of ether oxygens (including phenoxy) is 1. The molecule has 180 valence electrons. The van der Waals surface area contributed by atoms with Crippen molar-refractivity contribution in [1.29, 1.82) is 0 Å². The van der Waals surface area contributed by atoms with Gasteiger partial charge in [0.05, 0.1) is 11.1 Å². The molecule has 3 amide bonds. The zero-order valence-electron chi connectivity index (χ0n) is 17.6. The number of amides is 3. The van der Waals surface area contributed by atoms with Crippen LogP contribution in [0.15, 0.2) is 36.5 Å². The van der Waals surface area contributed by atoms with Gasteiger partial charge in [-0.3, -0.25) is 10.1 Å². The van der Waals surface area contributed by atoms with Crippen LogP contribution in [0.1, 0.15) is 48.1 Å². The van der Waals surface area contributed by atoms with E-state index in [1.165, 1.54) is 18.2 Å². The molecule has 1 aliphatic heterocycles. The van der Waals surface area contributed by atoms with E-state index in [9.17, 15) is 35.9 Å². The molecule has 1 saturated heterocycles. The number of imide groups is 1. The second-order valence-electron chi connectivity index (χ2n) is 8.04. The number of urea groups is 1. The van der Waals surface area contributed by atoms with Crippen LogP contribution in [-0.2, 0) is 17.1 Å². The van der Waals surface area contributed by atoms with Crippen LogP contribution >= 0.6 is 0 Å². The van der Waals surface area contributed by atoms with Crippen LogP contribution in [0.2, 0.25) is 0 Å². The first kappa shape index (κ1) is 23.5. The number of rotatable bonds is 4. The Morgan fingerprint density at radius 2 is 1.56 bits per heavy atom. The van der Waals surface area contributed by atoms with E-state index in [2.05, 4.69) is 4.98 Å². The largest absolute Gasteiger partial charge is 0.456 e. The molecule has 3 N–H and O–H groups in total. The van der Waals surface area contributed by atoms with Crippen molar-refractivity contribution >= 4 is 22.8 Å². The standard InChI is InChI=1S/C22H17F6N3O3/c1-9(2)13-8-29-16-4-3-11(7-12(13)16)34-18-14(21(23,24)25)5-10(6-15(18)22(26,27)28)17-19(32)31-20(33)30-17/h3-9,17,29H,1-2H3,(H2,30,31,32,33). The van der Waals surface area contributed by atoms with Crippen LogP contribution in [0.5, 0.6) is 11.5 Å². The first-order valence-corrected chi connectivity index (χ1v) is 9.98. The predicted octanol–water partition coefficient (Wildman–Crippen LogP) is 6.00. The molecule has 2 heterocycles. The molecule has 1 aliphatic rings. The monoisotopic (exact) mass is 485 g/mol. The summed E-state index contributed by atoms with van der Waals surface area (Å²) in [6, 6.07) is 2.10. The third-order valence-electron chi connectivity index (χ3n) is 5.36. The van der Waals surface area contributed by atoms with Crippen LogP contribution in [-0.4, -0.2) is 16.9 Å². The molecule has 6 nitrogen and oxygen atoms in total. The fourth-order valence-corrected chi connectivity index (χ4v) is 3.78. The molecule has 1 atom stereocenters. The van der Waals surface area contributed by atoms with E-state index in [0.717, 1.165) is 5.56 Å². The summed E-state index contributed by atoms with van der Waals surface area (Å²) in [5, 5.41) is 4.38. The maximum Gasteiger partial charge on any atom is 0.420 e. The number of hydrogen-bond donors (Lipinski definition) is 3. The molecule has 0 aliphatic carbocycles. The summed E-state index contributed by atoms with van der Waals surface area (Å²) >= 11 is 0. The average molecular weight is 485 g/mol. The third-order valence-corrected chi connectivity index (χ3v) is 5.36. The van der Waals surface area contributed by atoms with Crippen molar-refractivity contribution in [1.82, 2.24) is 15.6 Å². The van der Waals surface area contributed by atoms with Gasteiger partial charge in [-0.05, 0) is 47.4 Å². The number of fused-ring (bicyclic) bond motifs is 1. The van der Waals surface area contributed by atoms with Gasteiger partial charge in [0, 0.05) is 17.1 Å². The minimum Gasteiger partial charge on any atom is -0.456 e. The second kappa shape index (κ2) is 7.96. The zero-order chi connectivity index (χ0) is 25.0. The minimum atomic E-state index is -5.26. The van der Waals surface area contributed by atoms with Gasteiger partial charge in [-0.1, -0.05) is 13.8 Å². The lowest BCUT2D eigenvalue weighted by Crippen LogP contribution is -2.22. The van der Waals surface area contributed by atoms with Crippen molar-refractivity contribution in [2.45, 2.75) is 38.2 Å². The number of alkyl halides is 6. The van der Waals surface area contributed by atoms with E-state index in [1.807, 2.05) is 19.2 Å². The Bertz CT molecular complexity index is 1260. The van der Waals surface area contributed by atoms with Gasteiger partial charge in [0.15, 0.2) is 5.75 Å². The van der Waals surface area contributed by atoms with Crippen LogP contribution in [0.4, 0.5) is 31.1 Å². The number of benzene rings is 2. The number of aromatic amines is 1. The molecule has 1 fully saturated rings. The number of nitrogens with one attached hydrogen (secondary N) is 3.